The minimum absolute atomic E-state index is 0.0883. The van der Waals surface area contributed by atoms with Crippen LogP contribution in [-0.4, -0.2) is 12.9 Å². The Labute approximate surface area is 119 Å². The second kappa shape index (κ2) is 5.97. The van der Waals surface area contributed by atoms with E-state index in [0.717, 1.165) is 5.56 Å². The maximum absolute atomic E-state index is 13.7. The highest BCUT2D eigenvalue weighted by Crippen LogP contribution is 2.22. The molecule has 0 bridgehead atoms. The molecular weight excluding hydrogens is 311 g/mol. The van der Waals surface area contributed by atoms with E-state index in [9.17, 15) is 9.18 Å². The van der Waals surface area contributed by atoms with E-state index in [-0.39, 0.29) is 17.8 Å². The van der Waals surface area contributed by atoms with Gasteiger partial charge >= 0.3 is 0 Å². The highest BCUT2D eigenvalue weighted by atomic mass is 79.9. The fraction of sp³-hybridized carbons (Fsp3) is 0.133. The molecule has 0 saturated heterocycles. The van der Waals surface area contributed by atoms with Crippen molar-refractivity contribution >= 4 is 21.7 Å². The number of methoxy groups -OCH3 is 1. The van der Waals surface area contributed by atoms with Crippen LogP contribution in [0.4, 0.5) is 4.39 Å². The molecule has 0 unspecified atom stereocenters. The molecule has 0 aliphatic carbocycles. The normalized spacial score (nSPS) is 10.3. The van der Waals surface area contributed by atoms with Gasteiger partial charge < -0.3 is 4.74 Å². The van der Waals surface area contributed by atoms with Crippen LogP contribution in [0.5, 0.6) is 5.75 Å². The maximum atomic E-state index is 13.7. The topological polar surface area (TPSA) is 26.3 Å². The molecule has 2 rings (SSSR count). The minimum Gasteiger partial charge on any atom is -0.497 e. The fourth-order valence-electron chi connectivity index (χ4n) is 1.82. The van der Waals surface area contributed by atoms with Gasteiger partial charge in [0.1, 0.15) is 11.6 Å². The van der Waals surface area contributed by atoms with Crippen LogP contribution in [0.3, 0.4) is 0 Å². The van der Waals surface area contributed by atoms with Crippen LogP contribution in [0.1, 0.15) is 15.9 Å². The highest BCUT2D eigenvalue weighted by Gasteiger charge is 2.15. The van der Waals surface area contributed by atoms with E-state index in [0.29, 0.717) is 10.2 Å². The summed E-state index contributed by atoms with van der Waals surface area (Å²) in [5.74, 6) is -0.0987. The number of ketones is 1. The van der Waals surface area contributed by atoms with Gasteiger partial charge in [-0.25, -0.2) is 4.39 Å². The Bertz CT molecular complexity index is 591. The third-order valence-corrected chi connectivity index (χ3v) is 3.40. The monoisotopic (exact) mass is 322 g/mol. The molecule has 0 aliphatic rings. The molecule has 0 spiro atoms. The van der Waals surface area contributed by atoms with E-state index < -0.39 is 5.82 Å². The third-order valence-electron chi connectivity index (χ3n) is 2.74. The number of hydrogen-bond acceptors (Lipinski definition) is 2. The van der Waals surface area contributed by atoms with Crippen molar-refractivity contribution in [1.82, 2.24) is 0 Å². The summed E-state index contributed by atoms with van der Waals surface area (Å²) in [5.41, 5.74) is 0.879. The van der Waals surface area contributed by atoms with Crippen molar-refractivity contribution in [3.63, 3.8) is 0 Å². The Balaban J connectivity index is 2.26. The molecule has 0 amide bonds. The SMILES string of the molecule is COc1cccc(CC(=O)c2c(F)cccc2Br)c1. The first-order valence-corrected chi connectivity index (χ1v) is 6.51. The van der Waals surface area contributed by atoms with Crippen molar-refractivity contribution in [2.45, 2.75) is 6.42 Å². The molecule has 2 aromatic carbocycles. The van der Waals surface area contributed by atoms with E-state index in [1.807, 2.05) is 6.07 Å². The third kappa shape index (κ3) is 3.20. The van der Waals surface area contributed by atoms with Crippen LogP contribution in [0.2, 0.25) is 0 Å². The average molecular weight is 323 g/mol. The molecule has 0 N–H and O–H groups in total. The lowest BCUT2D eigenvalue weighted by atomic mass is 10.0. The maximum Gasteiger partial charge on any atom is 0.171 e. The standard InChI is InChI=1S/C15H12BrFO2/c1-19-11-5-2-4-10(8-11)9-14(18)15-12(16)6-3-7-13(15)17/h2-8H,9H2,1H3. The molecule has 0 heterocycles. The lowest BCUT2D eigenvalue weighted by Crippen LogP contribution is -2.07. The summed E-state index contributed by atoms with van der Waals surface area (Å²) < 4.78 is 19.2. The molecule has 4 heteroatoms. The van der Waals surface area contributed by atoms with Crippen LogP contribution in [-0.2, 0) is 6.42 Å². The number of halogens is 2. The Morgan fingerprint density at radius 3 is 2.68 bits per heavy atom. The highest BCUT2D eigenvalue weighted by molar-refractivity contribution is 9.10. The molecule has 0 fully saturated rings. The summed E-state index contributed by atoms with van der Waals surface area (Å²) >= 11 is 3.20. The first-order valence-electron chi connectivity index (χ1n) is 5.72. The number of rotatable bonds is 4. The first kappa shape index (κ1) is 13.7. The van der Waals surface area contributed by atoms with Gasteiger partial charge in [-0.15, -0.1) is 0 Å². The van der Waals surface area contributed by atoms with Gasteiger partial charge in [-0.2, -0.15) is 0 Å². The Kier molecular flexibility index (Phi) is 4.32. The van der Waals surface area contributed by atoms with Crippen LogP contribution >= 0.6 is 15.9 Å². The second-order valence-corrected chi connectivity index (χ2v) is 4.90. The van der Waals surface area contributed by atoms with E-state index in [1.54, 1.807) is 37.4 Å². The largest absolute Gasteiger partial charge is 0.497 e. The van der Waals surface area contributed by atoms with E-state index >= 15 is 0 Å². The summed E-state index contributed by atoms with van der Waals surface area (Å²) in [6.07, 6.45) is 0.136. The van der Waals surface area contributed by atoms with E-state index in [1.165, 1.54) is 6.07 Å². The quantitative estimate of drug-likeness (QED) is 0.795. The predicted octanol–water partition coefficient (Wildman–Crippen LogP) is 4.02. The fourth-order valence-corrected chi connectivity index (χ4v) is 2.38. The molecule has 0 aliphatic heterocycles. The predicted molar refractivity (Wildman–Crippen MR) is 75.1 cm³/mol. The minimum atomic E-state index is -0.512. The number of benzene rings is 2. The van der Waals surface area contributed by atoms with E-state index in [2.05, 4.69) is 15.9 Å². The number of carbonyl (C=O) groups is 1. The molecule has 0 radical (unpaired) electrons. The Morgan fingerprint density at radius 2 is 2.00 bits per heavy atom. The number of hydrogen-bond donors (Lipinski definition) is 0. The summed E-state index contributed by atoms with van der Waals surface area (Å²) in [7, 11) is 1.56. The second-order valence-electron chi connectivity index (χ2n) is 4.05. The first-order chi connectivity index (χ1) is 9.11. The molecule has 19 heavy (non-hydrogen) atoms. The van der Waals surface area contributed by atoms with Gasteiger partial charge in [0.2, 0.25) is 0 Å². The molecular formula is C15H12BrFO2. The smallest absolute Gasteiger partial charge is 0.171 e. The van der Waals surface area contributed by atoms with Crippen LogP contribution in [0, 0.1) is 5.82 Å². The summed E-state index contributed by atoms with van der Waals surface area (Å²) in [6.45, 7) is 0. The Hall–Kier alpha value is -1.68. The average Bonchev–Trinajstić information content (AvgIpc) is 2.38. The molecule has 98 valence electrons. The zero-order chi connectivity index (χ0) is 13.8. The number of Topliss-reactive ketones (excluding diaryl/α,β-unsaturated/α-hetero) is 1. The van der Waals surface area contributed by atoms with Crippen LogP contribution in [0.25, 0.3) is 0 Å². The molecule has 2 aromatic rings. The van der Waals surface area contributed by atoms with Gasteiger partial charge in [-0.3, -0.25) is 4.79 Å². The van der Waals surface area contributed by atoms with Gasteiger partial charge in [0.05, 0.1) is 12.7 Å². The van der Waals surface area contributed by atoms with Crippen molar-refractivity contribution < 1.29 is 13.9 Å². The van der Waals surface area contributed by atoms with Gasteiger partial charge in [0.25, 0.3) is 0 Å². The van der Waals surface area contributed by atoms with Crippen molar-refractivity contribution in [1.29, 1.82) is 0 Å². The lowest BCUT2D eigenvalue weighted by molar-refractivity contribution is 0.0988. The van der Waals surface area contributed by atoms with Crippen LogP contribution < -0.4 is 4.74 Å². The summed E-state index contributed by atoms with van der Waals surface area (Å²) in [5, 5.41) is 0. The zero-order valence-electron chi connectivity index (χ0n) is 10.3. The van der Waals surface area contributed by atoms with E-state index in [4.69, 9.17) is 4.74 Å². The Morgan fingerprint density at radius 1 is 1.26 bits per heavy atom. The van der Waals surface area contributed by atoms with Gasteiger partial charge in [-0.1, -0.05) is 18.2 Å². The number of carbonyl (C=O) groups excluding carboxylic acids is 1. The van der Waals surface area contributed by atoms with Gasteiger partial charge in [0, 0.05) is 10.9 Å². The molecule has 2 nitrogen and oxygen atoms in total. The summed E-state index contributed by atoms with van der Waals surface area (Å²) in [4.78, 5) is 12.1. The molecule has 0 aromatic heterocycles. The van der Waals surface area contributed by atoms with Gasteiger partial charge in [0.15, 0.2) is 5.78 Å². The van der Waals surface area contributed by atoms with Gasteiger partial charge in [-0.05, 0) is 45.8 Å². The van der Waals surface area contributed by atoms with Crippen LogP contribution in [0.15, 0.2) is 46.9 Å². The molecule has 0 saturated carbocycles. The van der Waals surface area contributed by atoms with Crippen molar-refractivity contribution in [2.24, 2.45) is 0 Å². The summed E-state index contributed by atoms with van der Waals surface area (Å²) in [6, 6.07) is 11.7. The molecule has 0 atom stereocenters. The lowest BCUT2D eigenvalue weighted by Gasteiger charge is -2.06. The number of ether oxygens (including phenoxy) is 1. The van der Waals surface area contributed by atoms with Crippen molar-refractivity contribution in [3.8, 4) is 5.75 Å². The zero-order valence-corrected chi connectivity index (χ0v) is 11.9. The van der Waals surface area contributed by atoms with Crippen molar-refractivity contribution in [3.05, 3.63) is 63.9 Å². The van der Waals surface area contributed by atoms with Crippen molar-refractivity contribution in [2.75, 3.05) is 7.11 Å².